The Morgan fingerprint density at radius 2 is 1.27 bits per heavy atom. The predicted octanol–water partition coefficient (Wildman–Crippen LogP) is 0.306. The zero-order valence-electron chi connectivity index (χ0n) is 22.7. The Morgan fingerprint density at radius 1 is 0.733 bits per heavy atom. The summed E-state index contributed by atoms with van der Waals surface area (Å²) in [6.45, 7) is 0.462. The summed E-state index contributed by atoms with van der Waals surface area (Å²) in [5, 5.41) is 103. The molecule has 5 atom stereocenters. The zero-order chi connectivity index (χ0) is 33.1. The van der Waals surface area contributed by atoms with Gasteiger partial charge in [-0.15, -0.1) is 0 Å². The van der Waals surface area contributed by atoms with Crippen LogP contribution in [-0.4, -0.2) is 106 Å². The molecule has 2 heterocycles. The molecule has 3 aromatic carbocycles. The molecule has 5 rings (SSSR count). The molecule has 238 valence electrons. The lowest BCUT2D eigenvalue weighted by Crippen LogP contribution is -2.61. The van der Waals surface area contributed by atoms with Gasteiger partial charge in [0, 0.05) is 11.1 Å². The predicted molar refractivity (Wildman–Crippen MR) is 142 cm³/mol. The average Bonchev–Trinajstić information content (AvgIpc) is 3.01. The zero-order valence-corrected chi connectivity index (χ0v) is 22.7. The minimum absolute atomic E-state index is 0.0886. The van der Waals surface area contributed by atoms with Gasteiger partial charge in [0.1, 0.15) is 24.9 Å². The van der Waals surface area contributed by atoms with Gasteiger partial charge in [0.05, 0.1) is 16.7 Å². The lowest BCUT2D eigenvalue weighted by Gasteiger charge is -2.41. The molecule has 2 aliphatic rings. The van der Waals surface area contributed by atoms with E-state index in [0.717, 1.165) is 12.1 Å². The van der Waals surface area contributed by atoms with Crippen molar-refractivity contribution in [2.75, 3.05) is 6.61 Å². The summed E-state index contributed by atoms with van der Waals surface area (Å²) >= 11 is 0. The number of aromatic hydroxyl groups is 8. The van der Waals surface area contributed by atoms with Crippen molar-refractivity contribution < 1.29 is 84.4 Å². The van der Waals surface area contributed by atoms with E-state index >= 15 is 0 Å². The third-order valence-corrected chi connectivity index (χ3v) is 7.20. The molecule has 1 saturated heterocycles. The number of carbonyl (C=O) groups is 3. The molecule has 0 bridgehead atoms. The van der Waals surface area contributed by atoms with E-state index in [-0.39, 0.29) is 11.1 Å². The lowest BCUT2D eigenvalue weighted by atomic mass is 9.92. The second-order valence-corrected chi connectivity index (χ2v) is 10.1. The van der Waals surface area contributed by atoms with Crippen LogP contribution in [0.5, 0.6) is 46.0 Å². The Bertz CT molecular complexity index is 1720. The average molecular weight is 632 g/mol. The van der Waals surface area contributed by atoms with Crippen molar-refractivity contribution in [3.8, 4) is 57.1 Å². The van der Waals surface area contributed by atoms with Gasteiger partial charge in [-0.1, -0.05) is 0 Å². The number of carbonyl (C=O) groups excluding carboxylic acids is 3. The Labute approximate surface area is 250 Å². The molecule has 0 saturated carbocycles. The normalized spacial score (nSPS) is 23.0. The highest BCUT2D eigenvalue weighted by Crippen LogP contribution is 2.53. The van der Waals surface area contributed by atoms with Crippen LogP contribution in [0.1, 0.15) is 36.6 Å². The highest BCUT2D eigenvalue weighted by atomic mass is 16.7. The van der Waals surface area contributed by atoms with Crippen LogP contribution in [0.25, 0.3) is 11.1 Å². The lowest BCUT2D eigenvalue weighted by molar-refractivity contribution is -0.284. The van der Waals surface area contributed by atoms with Gasteiger partial charge in [-0.3, -0.25) is 0 Å². The molecule has 0 amide bonds. The molecule has 0 aliphatic carbocycles. The minimum atomic E-state index is -2.12. The fourth-order valence-corrected chi connectivity index (χ4v) is 4.87. The van der Waals surface area contributed by atoms with Crippen LogP contribution in [0.15, 0.2) is 24.3 Å². The molecule has 17 heteroatoms. The van der Waals surface area contributed by atoms with Gasteiger partial charge in [-0.25, -0.2) is 14.4 Å². The van der Waals surface area contributed by atoms with Gasteiger partial charge in [0.25, 0.3) is 0 Å². The summed E-state index contributed by atoms with van der Waals surface area (Å²) in [7, 11) is 0. The van der Waals surface area contributed by atoms with E-state index < -0.39 is 123 Å². The largest absolute Gasteiger partial charge is 0.504 e. The fourth-order valence-electron chi connectivity index (χ4n) is 4.87. The number of fused-ring (bicyclic) bond motifs is 4. The SMILES string of the molecule is Cc1cc(C(=O)O[C@@H]2OC3COC(=O)c4cc(O)c(O)c(O)c4-c4c(cc(O)c(O)c4O)C(=O)O[C@H]3[C@H](O)C2O)cc(O)c1O. The highest BCUT2D eigenvalue weighted by Gasteiger charge is 2.50. The third kappa shape index (κ3) is 5.13. The van der Waals surface area contributed by atoms with E-state index in [2.05, 4.69) is 0 Å². The second kappa shape index (κ2) is 11.1. The summed E-state index contributed by atoms with van der Waals surface area (Å²) in [4.78, 5) is 39.4. The standard InChI is InChI=1S/C28H24O17/c1-7-2-8(3-11(29)17(7)32)25(39)45-28-23(38)22(37)24-14(43-28)6-42-26(40)9-4-12(30)18(33)20(35)15(9)16-10(27(41)44-24)5-13(31)19(34)21(16)36/h2-5,14,22-24,28-38H,6H2,1H3/t14?,22-,23?,24-,28+/m1/s1. The molecule has 2 aliphatic heterocycles. The molecule has 2 unspecified atom stereocenters. The number of esters is 3. The number of rotatable bonds is 2. The Hall–Kier alpha value is -5.65. The number of phenolic OH excluding ortho intramolecular Hbond substituents is 8. The molecule has 3 aromatic rings. The van der Waals surface area contributed by atoms with Crippen molar-refractivity contribution in [2.24, 2.45) is 0 Å². The maximum Gasteiger partial charge on any atom is 0.340 e. The van der Waals surface area contributed by atoms with Crippen LogP contribution in [0.4, 0.5) is 0 Å². The van der Waals surface area contributed by atoms with Crippen molar-refractivity contribution in [1.29, 1.82) is 0 Å². The first kappa shape index (κ1) is 30.8. The number of aliphatic hydroxyl groups excluding tert-OH is 2. The molecular weight excluding hydrogens is 608 g/mol. The van der Waals surface area contributed by atoms with Gasteiger partial charge in [0.2, 0.25) is 17.8 Å². The fraction of sp³-hybridized carbons (Fsp3) is 0.250. The summed E-state index contributed by atoms with van der Waals surface area (Å²) in [5.41, 5.74) is -3.56. The molecule has 0 spiro atoms. The number of ether oxygens (including phenoxy) is 4. The van der Waals surface area contributed by atoms with Crippen LogP contribution in [0.2, 0.25) is 0 Å². The van der Waals surface area contributed by atoms with Crippen molar-refractivity contribution in [1.82, 2.24) is 0 Å². The van der Waals surface area contributed by atoms with E-state index in [1.165, 1.54) is 6.92 Å². The first-order chi connectivity index (χ1) is 21.1. The smallest absolute Gasteiger partial charge is 0.340 e. The quantitative estimate of drug-likeness (QED) is 0.103. The Balaban J connectivity index is 1.57. The van der Waals surface area contributed by atoms with Gasteiger partial charge in [-0.05, 0) is 36.8 Å². The number of aryl methyl sites for hydroxylation is 1. The van der Waals surface area contributed by atoms with Crippen LogP contribution >= 0.6 is 0 Å². The van der Waals surface area contributed by atoms with Gasteiger partial charge in [0.15, 0.2) is 40.6 Å². The third-order valence-electron chi connectivity index (χ3n) is 7.20. The van der Waals surface area contributed by atoms with Crippen LogP contribution in [0.3, 0.4) is 0 Å². The maximum atomic E-state index is 13.4. The van der Waals surface area contributed by atoms with Gasteiger partial charge in [-0.2, -0.15) is 0 Å². The van der Waals surface area contributed by atoms with Gasteiger partial charge < -0.3 is 70.0 Å². The van der Waals surface area contributed by atoms with Crippen LogP contribution < -0.4 is 0 Å². The summed E-state index contributed by atoms with van der Waals surface area (Å²) in [5.74, 6) is -12.4. The molecule has 1 fully saturated rings. The number of hydrogen-bond donors (Lipinski definition) is 10. The first-order valence-electron chi connectivity index (χ1n) is 12.8. The number of hydrogen-bond acceptors (Lipinski definition) is 17. The van der Waals surface area contributed by atoms with Crippen molar-refractivity contribution in [2.45, 2.75) is 37.6 Å². The Kier molecular flexibility index (Phi) is 7.61. The molecule has 0 aromatic heterocycles. The van der Waals surface area contributed by atoms with Crippen molar-refractivity contribution in [3.05, 3.63) is 46.5 Å². The topological polar surface area (TPSA) is 290 Å². The van der Waals surface area contributed by atoms with E-state index in [0.29, 0.717) is 12.1 Å². The monoisotopic (exact) mass is 632 g/mol. The van der Waals surface area contributed by atoms with E-state index in [9.17, 15) is 65.4 Å². The van der Waals surface area contributed by atoms with Crippen molar-refractivity contribution >= 4 is 17.9 Å². The van der Waals surface area contributed by atoms with E-state index in [1.54, 1.807) is 0 Å². The van der Waals surface area contributed by atoms with Crippen molar-refractivity contribution in [3.63, 3.8) is 0 Å². The van der Waals surface area contributed by atoms with E-state index in [4.69, 9.17) is 18.9 Å². The number of benzene rings is 3. The minimum Gasteiger partial charge on any atom is -0.504 e. The first-order valence-corrected chi connectivity index (χ1v) is 12.8. The van der Waals surface area contributed by atoms with Crippen LogP contribution in [0, 0.1) is 6.92 Å². The molecule has 10 N–H and O–H groups in total. The molecule has 17 nitrogen and oxygen atoms in total. The summed E-state index contributed by atoms with van der Waals surface area (Å²) < 4.78 is 21.2. The molecule has 0 radical (unpaired) electrons. The second-order valence-electron chi connectivity index (χ2n) is 10.1. The summed E-state index contributed by atoms with van der Waals surface area (Å²) in [6, 6.07) is 3.16. The van der Waals surface area contributed by atoms with Gasteiger partial charge >= 0.3 is 17.9 Å². The highest BCUT2D eigenvalue weighted by molar-refractivity contribution is 6.08. The van der Waals surface area contributed by atoms with Crippen LogP contribution in [-0.2, 0) is 18.9 Å². The Morgan fingerprint density at radius 3 is 1.82 bits per heavy atom. The maximum absolute atomic E-state index is 13.4. The number of aliphatic hydroxyl groups is 2. The number of phenols is 8. The molecule has 45 heavy (non-hydrogen) atoms. The number of cyclic esters (lactones) is 1. The summed E-state index contributed by atoms with van der Waals surface area (Å²) in [6.07, 6.45) is -9.84. The van der Waals surface area contributed by atoms with E-state index in [1.807, 2.05) is 0 Å². The molecular formula is C28H24O17.